The van der Waals surface area contributed by atoms with Crippen LogP contribution in [0, 0.1) is 24.2 Å². The zero-order chi connectivity index (χ0) is 27.7. The molecule has 202 valence electrons. The van der Waals surface area contributed by atoms with Gasteiger partial charge in [0.15, 0.2) is 5.82 Å². The van der Waals surface area contributed by atoms with Crippen LogP contribution in [0.4, 0.5) is 24.8 Å². The Bertz CT molecular complexity index is 1610. The molecule has 1 aliphatic heterocycles. The number of fused-ring (bicyclic) bond motifs is 2. The van der Waals surface area contributed by atoms with Crippen molar-refractivity contribution in [3.63, 3.8) is 0 Å². The molecule has 5 N–H and O–H groups in total. The molecular weight excluding hydrogens is 505 g/mol. The number of rotatable bonds is 5. The van der Waals surface area contributed by atoms with Gasteiger partial charge >= 0.3 is 6.18 Å². The second kappa shape index (κ2) is 8.77. The minimum absolute atomic E-state index is 0.0328. The Balaban J connectivity index is 1.26. The number of hydrogen-bond donors (Lipinski definition) is 3. The highest BCUT2D eigenvalue weighted by Crippen LogP contribution is 2.64. The predicted molar refractivity (Wildman–Crippen MR) is 144 cm³/mol. The highest BCUT2D eigenvalue weighted by Gasteiger charge is 2.67. The standard InChI is InChI=1S/C28H29F3N8/c1-15-16(7-8-22-17(15)12-38(2)37-22)24(33)25-26(34)36-23(11-35-25)39-10-9-19-21(13-39)27(19,14-32)18-5-3-4-6-20(18)28(29,30)31/h3-8,11-12,19,21,33H,9-10,13-14,32H2,1-2H3,(H2,34,36)/t19-,21+,27+/m1/s1. The van der Waals surface area contributed by atoms with Crippen LogP contribution in [0.1, 0.15) is 34.4 Å². The molecule has 6 rings (SSSR count). The summed E-state index contributed by atoms with van der Waals surface area (Å²) in [6.07, 6.45) is -0.244. The van der Waals surface area contributed by atoms with Gasteiger partial charge in [-0.3, -0.25) is 10.1 Å². The number of alkyl halides is 3. The minimum Gasteiger partial charge on any atom is -0.382 e. The molecule has 2 aromatic heterocycles. The zero-order valence-corrected chi connectivity index (χ0v) is 21.6. The predicted octanol–water partition coefficient (Wildman–Crippen LogP) is 4.04. The summed E-state index contributed by atoms with van der Waals surface area (Å²) in [7, 11) is 1.85. The quantitative estimate of drug-likeness (QED) is 0.332. The van der Waals surface area contributed by atoms with Crippen molar-refractivity contribution in [2.24, 2.45) is 24.6 Å². The molecule has 0 bridgehead atoms. The molecule has 0 spiro atoms. The number of nitrogens with two attached hydrogens (primary N) is 2. The van der Waals surface area contributed by atoms with E-state index < -0.39 is 17.2 Å². The SMILES string of the molecule is Cc1c(C(=N)c2ncc(N3CC[C@@H]4[C@H](C3)[C@@]4(CN)c3ccccc3C(F)(F)F)nc2N)ccc2nn(C)cc12. The van der Waals surface area contributed by atoms with Crippen molar-refractivity contribution in [1.29, 1.82) is 5.41 Å². The Kier molecular flexibility index (Phi) is 5.69. The fourth-order valence-electron chi connectivity index (χ4n) is 6.62. The van der Waals surface area contributed by atoms with Crippen LogP contribution in [0.15, 0.2) is 48.8 Å². The van der Waals surface area contributed by atoms with E-state index in [9.17, 15) is 13.2 Å². The summed E-state index contributed by atoms with van der Waals surface area (Å²) in [5.41, 5.74) is 14.3. The van der Waals surface area contributed by atoms with Gasteiger partial charge in [-0.25, -0.2) is 9.97 Å². The summed E-state index contributed by atoms with van der Waals surface area (Å²) >= 11 is 0. The average molecular weight is 535 g/mol. The number of nitrogen functional groups attached to an aromatic ring is 1. The molecule has 3 atom stereocenters. The van der Waals surface area contributed by atoms with Crippen molar-refractivity contribution in [3.8, 4) is 0 Å². The number of nitrogens with one attached hydrogen (secondary N) is 1. The molecule has 11 heteroatoms. The van der Waals surface area contributed by atoms with E-state index in [0.29, 0.717) is 30.9 Å². The van der Waals surface area contributed by atoms with Gasteiger partial charge in [-0.05, 0) is 48.4 Å². The number of aryl methyl sites for hydroxylation is 2. The van der Waals surface area contributed by atoms with Gasteiger partial charge in [-0.1, -0.05) is 24.3 Å². The van der Waals surface area contributed by atoms with Gasteiger partial charge in [-0.15, -0.1) is 0 Å². The van der Waals surface area contributed by atoms with E-state index in [1.807, 2.05) is 37.2 Å². The topological polar surface area (TPSA) is 123 Å². The normalized spacial score (nSPS) is 22.7. The molecule has 2 aromatic carbocycles. The molecule has 3 heterocycles. The summed E-state index contributed by atoms with van der Waals surface area (Å²) in [6.45, 7) is 3.20. The number of piperidine rings is 1. The second-order valence-corrected chi connectivity index (χ2v) is 10.5. The molecule has 2 aliphatic rings. The third-order valence-corrected chi connectivity index (χ3v) is 8.59. The smallest absolute Gasteiger partial charge is 0.382 e. The first-order valence-corrected chi connectivity index (χ1v) is 12.8. The molecule has 0 amide bonds. The first-order valence-electron chi connectivity index (χ1n) is 12.8. The van der Waals surface area contributed by atoms with Gasteiger partial charge in [0.25, 0.3) is 0 Å². The number of nitrogens with zero attached hydrogens (tertiary/aromatic N) is 5. The molecule has 0 unspecified atom stereocenters. The lowest BCUT2D eigenvalue weighted by atomic mass is 9.87. The molecule has 1 saturated heterocycles. The third kappa shape index (κ3) is 3.86. The van der Waals surface area contributed by atoms with E-state index in [1.165, 1.54) is 6.07 Å². The van der Waals surface area contributed by atoms with Gasteiger partial charge in [0.05, 0.1) is 23.0 Å². The molecule has 8 nitrogen and oxygen atoms in total. The maximum Gasteiger partial charge on any atom is 0.416 e. The van der Waals surface area contributed by atoms with Gasteiger partial charge in [0.2, 0.25) is 0 Å². The fourth-order valence-corrected chi connectivity index (χ4v) is 6.62. The van der Waals surface area contributed by atoms with Crippen LogP contribution in [-0.4, -0.2) is 45.1 Å². The summed E-state index contributed by atoms with van der Waals surface area (Å²) in [4.78, 5) is 11.1. The lowest BCUT2D eigenvalue weighted by Crippen LogP contribution is -2.33. The van der Waals surface area contributed by atoms with E-state index in [0.717, 1.165) is 22.5 Å². The Hall–Kier alpha value is -3.99. The summed E-state index contributed by atoms with van der Waals surface area (Å²) < 4.78 is 43.2. The van der Waals surface area contributed by atoms with E-state index in [4.69, 9.17) is 16.9 Å². The van der Waals surface area contributed by atoms with Gasteiger partial charge < -0.3 is 16.4 Å². The van der Waals surface area contributed by atoms with Crippen LogP contribution >= 0.6 is 0 Å². The highest BCUT2D eigenvalue weighted by atomic mass is 19.4. The number of anilines is 2. The zero-order valence-electron chi connectivity index (χ0n) is 21.6. The minimum atomic E-state index is -4.44. The Morgan fingerprint density at radius 2 is 1.95 bits per heavy atom. The monoisotopic (exact) mass is 534 g/mol. The van der Waals surface area contributed by atoms with Gasteiger partial charge in [0.1, 0.15) is 11.5 Å². The number of benzene rings is 2. The van der Waals surface area contributed by atoms with Crippen LogP contribution in [0.2, 0.25) is 0 Å². The van der Waals surface area contributed by atoms with Crippen molar-refractivity contribution >= 4 is 28.3 Å². The lowest BCUT2D eigenvalue weighted by Gasteiger charge is -2.27. The van der Waals surface area contributed by atoms with E-state index in [2.05, 4.69) is 15.1 Å². The molecule has 1 saturated carbocycles. The lowest BCUT2D eigenvalue weighted by molar-refractivity contribution is -0.138. The number of aromatic nitrogens is 4. The van der Waals surface area contributed by atoms with Crippen LogP contribution < -0.4 is 16.4 Å². The van der Waals surface area contributed by atoms with E-state index >= 15 is 0 Å². The summed E-state index contributed by atoms with van der Waals surface area (Å²) in [5.74, 6) is 0.720. The molecule has 4 aromatic rings. The molecule has 39 heavy (non-hydrogen) atoms. The summed E-state index contributed by atoms with van der Waals surface area (Å²) in [6, 6.07) is 9.49. The van der Waals surface area contributed by atoms with Crippen LogP contribution in [0.5, 0.6) is 0 Å². The molecule has 2 fully saturated rings. The van der Waals surface area contributed by atoms with E-state index in [-0.39, 0.29) is 41.2 Å². The van der Waals surface area contributed by atoms with Gasteiger partial charge in [-0.2, -0.15) is 18.3 Å². The van der Waals surface area contributed by atoms with Crippen molar-refractivity contribution in [3.05, 3.63) is 76.7 Å². The Labute approximate surface area is 223 Å². The van der Waals surface area contributed by atoms with Crippen molar-refractivity contribution < 1.29 is 13.2 Å². The third-order valence-electron chi connectivity index (χ3n) is 8.59. The largest absolute Gasteiger partial charge is 0.416 e. The highest BCUT2D eigenvalue weighted by molar-refractivity contribution is 6.14. The van der Waals surface area contributed by atoms with Crippen LogP contribution in [0.25, 0.3) is 10.9 Å². The number of halogens is 3. The van der Waals surface area contributed by atoms with Crippen molar-refractivity contribution in [1.82, 2.24) is 19.7 Å². The first kappa shape index (κ1) is 25.3. The molecular formula is C28H29F3N8. The Morgan fingerprint density at radius 3 is 2.67 bits per heavy atom. The average Bonchev–Trinajstić information content (AvgIpc) is 3.40. The van der Waals surface area contributed by atoms with Crippen LogP contribution in [0.3, 0.4) is 0 Å². The molecule has 0 radical (unpaired) electrons. The van der Waals surface area contributed by atoms with Gasteiger partial charge in [0, 0.05) is 49.2 Å². The second-order valence-electron chi connectivity index (χ2n) is 10.5. The van der Waals surface area contributed by atoms with Crippen molar-refractivity contribution in [2.75, 3.05) is 30.3 Å². The molecule has 1 aliphatic carbocycles. The van der Waals surface area contributed by atoms with Crippen molar-refractivity contribution in [2.45, 2.75) is 24.9 Å². The Morgan fingerprint density at radius 1 is 1.18 bits per heavy atom. The fraction of sp³-hybridized carbons (Fsp3) is 0.357. The number of hydrogen-bond acceptors (Lipinski definition) is 7. The first-order chi connectivity index (χ1) is 18.6. The summed E-state index contributed by atoms with van der Waals surface area (Å²) in [5, 5.41) is 14.2. The van der Waals surface area contributed by atoms with E-state index in [1.54, 1.807) is 23.0 Å². The maximum absolute atomic E-state index is 13.8. The maximum atomic E-state index is 13.8. The van der Waals surface area contributed by atoms with Crippen LogP contribution in [-0.2, 0) is 18.6 Å².